The summed E-state index contributed by atoms with van der Waals surface area (Å²) in [5.41, 5.74) is 1.48. The van der Waals surface area contributed by atoms with E-state index < -0.39 is 0 Å². The van der Waals surface area contributed by atoms with Gasteiger partial charge in [-0.25, -0.2) is 4.98 Å². The summed E-state index contributed by atoms with van der Waals surface area (Å²) in [6, 6.07) is 14.5. The summed E-state index contributed by atoms with van der Waals surface area (Å²) in [7, 11) is 0. The van der Waals surface area contributed by atoms with Crippen molar-refractivity contribution in [2.75, 3.05) is 18.0 Å². The predicted octanol–water partition coefficient (Wildman–Crippen LogP) is 4.40. The summed E-state index contributed by atoms with van der Waals surface area (Å²) >= 11 is 0. The number of aromatic nitrogens is 1. The smallest absolute Gasteiger partial charge is 0.311 e. The Kier molecular flexibility index (Phi) is 5.86. The summed E-state index contributed by atoms with van der Waals surface area (Å²) in [6.45, 7) is 3.01. The van der Waals surface area contributed by atoms with Crippen molar-refractivity contribution in [2.24, 2.45) is 0 Å². The van der Waals surface area contributed by atoms with Crippen molar-refractivity contribution in [3.05, 3.63) is 64.3 Å². The molecule has 1 aliphatic carbocycles. The fourth-order valence-electron chi connectivity index (χ4n) is 4.75. The van der Waals surface area contributed by atoms with Gasteiger partial charge in [0.1, 0.15) is 0 Å². The Labute approximate surface area is 166 Å². The van der Waals surface area contributed by atoms with Crippen LogP contribution in [0.4, 0.5) is 11.5 Å². The monoisotopic (exact) mass is 380 g/mol. The Morgan fingerprint density at radius 2 is 1.68 bits per heavy atom. The highest BCUT2D eigenvalue weighted by molar-refractivity contribution is 5.59. The van der Waals surface area contributed by atoms with E-state index in [9.17, 15) is 10.1 Å². The molecule has 1 aromatic heterocycles. The predicted molar refractivity (Wildman–Crippen MR) is 110 cm³/mol. The van der Waals surface area contributed by atoms with E-state index >= 15 is 0 Å². The van der Waals surface area contributed by atoms with Gasteiger partial charge in [-0.1, -0.05) is 43.2 Å². The fourth-order valence-corrected chi connectivity index (χ4v) is 4.75. The van der Waals surface area contributed by atoms with Crippen LogP contribution in [0.1, 0.15) is 44.1 Å². The van der Waals surface area contributed by atoms with Crippen LogP contribution < -0.4 is 4.90 Å². The zero-order valence-electron chi connectivity index (χ0n) is 16.2. The van der Waals surface area contributed by atoms with Crippen molar-refractivity contribution >= 4 is 11.5 Å². The van der Waals surface area contributed by atoms with Crippen LogP contribution in [-0.2, 0) is 6.54 Å². The van der Waals surface area contributed by atoms with Gasteiger partial charge in [0.25, 0.3) is 0 Å². The molecule has 0 atom stereocenters. The molecule has 2 heterocycles. The highest BCUT2D eigenvalue weighted by Gasteiger charge is 2.35. The van der Waals surface area contributed by atoms with E-state index in [4.69, 9.17) is 0 Å². The minimum atomic E-state index is -0.283. The Morgan fingerprint density at radius 3 is 2.36 bits per heavy atom. The Bertz CT molecular complexity index is 784. The minimum Gasteiger partial charge on any atom is -0.345 e. The van der Waals surface area contributed by atoms with Crippen LogP contribution in [-0.4, -0.2) is 40.0 Å². The van der Waals surface area contributed by atoms with Gasteiger partial charge in [-0.2, -0.15) is 0 Å². The highest BCUT2D eigenvalue weighted by Crippen LogP contribution is 2.36. The molecule has 28 heavy (non-hydrogen) atoms. The van der Waals surface area contributed by atoms with Crippen molar-refractivity contribution in [1.29, 1.82) is 0 Å². The SMILES string of the molecule is O=[N+]([O-])c1cccnc1N(C1CCCC1)C1CCN(Cc2ccccc2)CC1. The molecule has 1 saturated heterocycles. The summed E-state index contributed by atoms with van der Waals surface area (Å²) in [5.74, 6) is 0.570. The summed E-state index contributed by atoms with van der Waals surface area (Å²) in [6.07, 6.45) is 8.36. The van der Waals surface area contributed by atoms with E-state index in [1.807, 2.05) is 0 Å². The standard InChI is InChI=1S/C22H28N4O2/c27-26(28)21-11-6-14-23-22(21)25(19-9-4-5-10-19)20-12-15-24(16-13-20)17-18-7-2-1-3-8-18/h1-3,6-8,11,14,19-20H,4-5,9-10,12-13,15-17H2. The van der Waals surface area contributed by atoms with Gasteiger partial charge in [0, 0.05) is 44.0 Å². The number of hydrogen-bond donors (Lipinski definition) is 0. The molecule has 6 heteroatoms. The minimum absolute atomic E-state index is 0.140. The number of likely N-dealkylation sites (tertiary alicyclic amines) is 1. The molecule has 0 unspecified atom stereocenters. The molecule has 148 valence electrons. The molecule has 2 aliphatic rings. The Morgan fingerprint density at radius 1 is 1.00 bits per heavy atom. The molecule has 2 aromatic rings. The molecule has 1 aromatic carbocycles. The van der Waals surface area contributed by atoms with Gasteiger partial charge in [0.05, 0.1) is 4.92 Å². The molecular formula is C22H28N4O2. The molecule has 2 fully saturated rings. The maximum Gasteiger partial charge on any atom is 0.311 e. The maximum absolute atomic E-state index is 11.6. The van der Waals surface area contributed by atoms with Gasteiger partial charge in [0.2, 0.25) is 5.82 Å². The molecule has 0 N–H and O–H groups in total. The number of nitro groups is 1. The van der Waals surface area contributed by atoms with Crippen molar-refractivity contribution in [3.8, 4) is 0 Å². The van der Waals surface area contributed by atoms with Crippen LogP contribution in [0.25, 0.3) is 0 Å². The lowest BCUT2D eigenvalue weighted by Crippen LogP contribution is -2.49. The second-order valence-corrected chi connectivity index (χ2v) is 7.94. The Balaban J connectivity index is 1.50. The quantitative estimate of drug-likeness (QED) is 0.549. The third-order valence-corrected chi connectivity index (χ3v) is 6.12. The molecule has 0 spiro atoms. The molecule has 0 radical (unpaired) electrons. The number of pyridine rings is 1. The second-order valence-electron chi connectivity index (χ2n) is 7.94. The van der Waals surface area contributed by atoms with Crippen LogP contribution >= 0.6 is 0 Å². The molecule has 6 nitrogen and oxygen atoms in total. The van der Waals surface area contributed by atoms with Crippen molar-refractivity contribution in [3.63, 3.8) is 0 Å². The third kappa shape index (κ3) is 4.17. The number of hydrogen-bond acceptors (Lipinski definition) is 5. The molecule has 1 aliphatic heterocycles. The molecule has 0 amide bonds. The number of anilines is 1. The molecule has 0 bridgehead atoms. The number of benzene rings is 1. The van der Waals surface area contributed by atoms with E-state index in [0.717, 1.165) is 45.3 Å². The normalized spacial score (nSPS) is 19.0. The van der Waals surface area contributed by atoms with E-state index in [1.165, 1.54) is 18.4 Å². The maximum atomic E-state index is 11.6. The van der Waals surface area contributed by atoms with Crippen LogP contribution in [0.5, 0.6) is 0 Å². The number of rotatable bonds is 6. The zero-order chi connectivity index (χ0) is 19.3. The van der Waals surface area contributed by atoms with Crippen molar-refractivity contribution < 1.29 is 4.92 Å². The first kappa shape index (κ1) is 18.9. The van der Waals surface area contributed by atoms with Crippen LogP contribution in [0.15, 0.2) is 48.7 Å². The first-order chi connectivity index (χ1) is 13.7. The first-order valence-electron chi connectivity index (χ1n) is 10.4. The van der Waals surface area contributed by atoms with Crippen LogP contribution in [0.2, 0.25) is 0 Å². The highest BCUT2D eigenvalue weighted by atomic mass is 16.6. The largest absolute Gasteiger partial charge is 0.345 e. The van der Waals surface area contributed by atoms with Gasteiger partial charge >= 0.3 is 5.69 Å². The fraction of sp³-hybridized carbons (Fsp3) is 0.500. The third-order valence-electron chi connectivity index (χ3n) is 6.12. The van der Waals surface area contributed by atoms with Gasteiger partial charge in [-0.15, -0.1) is 0 Å². The number of nitrogens with zero attached hydrogens (tertiary/aromatic N) is 4. The van der Waals surface area contributed by atoms with Gasteiger partial charge in [-0.05, 0) is 37.3 Å². The van der Waals surface area contributed by atoms with E-state index in [-0.39, 0.29) is 10.6 Å². The average molecular weight is 380 g/mol. The Hall–Kier alpha value is -2.47. The lowest BCUT2D eigenvalue weighted by Gasteiger charge is -2.42. The van der Waals surface area contributed by atoms with Gasteiger partial charge < -0.3 is 4.90 Å². The summed E-state index contributed by atoms with van der Waals surface area (Å²) < 4.78 is 0. The molecule has 4 rings (SSSR count). The number of piperidine rings is 1. The van der Waals surface area contributed by atoms with E-state index in [0.29, 0.717) is 17.9 Å². The lowest BCUT2D eigenvalue weighted by atomic mass is 9.99. The topological polar surface area (TPSA) is 62.5 Å². The van der Waals surface area contributed by atoms with Crippen molar-refractivity contribution in [2.45, 2.75) is 57.2 Å². The van der Waals surface area contributed by atoms with Gasteiger partial charge in [-0.3, -0.25) is 15.0 Å². The lowest BCUT2D eigenvalue weighted by molar-refractivity contribution is -0.384. The second kappa shape index (κ2) is 8.69. The van der Waals surface area contributed by atoms with E-state index in [2.05, 4.69) is 45.1 Å². The molecular weight excluding hydrogens is 352 g/mol. The van der Waals surface area contributed by atoms with Gasteiger partial charge in [0.15, 0.2) is 0 Å². The summed E-state index contributed by atoms with van der Waals surface area (Å²) in [5, 5.41) is 11.6. The molecule has 1 saturated carbocycles. The van der Waals surface area contributed by atoms with Crippen molar-refractivity contribution in [1.82, 2.24) is 9.88 Å². The zero-order valence-corrected chi connectivity index (χ0v) is 16.2. The first-order valence-corrected chi connectivity index (χ1v) is 10.4. The summed E-state index contributed by atoms with van der Waals surface area (Å²) in [4.78, 5) is 20.6. The van der Waals surface area contributed by atoms with Crippen LogP contribution in [0, 0.1) is 10.1 Å². The van der Waals surface area contributed by atoms with E-state index in [1.54, 1.807) is 18.3 Å². The van der Waals surface area contributed by atoms with Crippen LogP contribution in [0.3, 0.4) is 0 Å². The average Bonchev–Trinajstić information content (AvgIpc) is 3.25.